The first-order chi connectivity index (χ1) is 6.34. The molecule has 0 aliphatic rings. The van der Waals surface area contributed by atoms with Crippen LogP contribution in [0.25, 0.3) is 0 Å². The van der Waals surface area contributed by atoms with Crippen molar-refractivity contribution in [3.63, 3.8) is 0 Å². The van der Waals surface area contributed by atoms with Crippen molar-refractivity contribution in [3.05, 3.63) is 34.1 Å². The van der Waals surface area contributed by atoms with Gasteiger partial charge in [0.25, 0.3) is 0 Å². The lowest BCUT2D eigenvalue weighted by molar-refractivity contribution is -0.207. The topological polar surface area (TPSA) is 20.2 Å². The Balaban J connectivity index is 3.19. The smallest absolute Gasteiger partial charge is 0.379 e. The van der Waals surface area contributed by atoms with Crippen LogP contribution in [-0.2, 0) is 0 Å². The van der Waals surface area contributed by atoms with E-state index in [-0.39, 0.29) is 4.47 Å². The van der Waals surface area contributed by atoms with Crippen molar-refractivity contribution in [1.29, 1.82) is 0 Å². The van der Waals surface area contributed by atoms with Gasteiger partial charge >= 0.3 is 6.18 Å². The number of hydrogen-bond acceptors (Lipinski definition) is 1. The summed E-state index contributed by atoms with van der Waals surface area (Å²) < 4.78 is 49.0. The number of alkyl halides is 3. The molecule has 0 saturated heterocycles. The van der Waals surface area contributed by atoms with E-state index in [1.807, 2.05) is 0 Å². The number of rotatable bonds is 1. The lowest BCUT2D eigenvalue weighted by atomic mass is 10.1. The minimum Gasteiger partial charge on any atom is -0.379 e. The Morgan fingerprint density at radius 3 is 2.29 bits per heavy atom. The zero-order valence-electron chi connectivity index (χ0n) is 6.65. The summed E-state index contributed by atoms with van der Waals surface area (Å²) in [5.74, 6) is -1.09. The van der Waals surface area contributed by atoms with E-state index in [0.717, 1.165) is 6.07 Å². The monoisotopic (exact) mass is 272 g/mol. The van der Waals surface area contributed by atoms with Crippen LogP contribution in [-0.4, -0.2) is 11.3 Å². The van der Waals surface area contributed by atoms with Gasteiger partial charge in [-0.1, -0.05) is 22.0 Å². The maximum absolute atomic E-state index is 12.9. The number of aliphatic hydroxyl groups is 1. The van der Waals surface area contributed by atoms with Crippen LogP contribution in [0.5, 0.6) is 0 Å². The molecule has 0 unspecified atom stereocenters. The van der Waals surface area contributed by atoms with Crippen LogP contribution in [0.3, 0.4) is 0 Å². The fourth-order valence-electron chi connectivity index (χ4n) is 0.936. The lowest BCUT2D eigenvalue weighted by Crippen LogP contribution is -2.21. The van der Waals surface area contributed by atoms with Crippen LogP contribution in [0.15, 0.2) is 22.7 Å². The Kier molecular flexibility index (Phi) is 3.16. The SMILES string of the molecule is O[C@@H](c1c(F)cccc1Br)C(F)(F)F. The van der Waals surface area contributed by atoms with Gasteiger partial charge in [-0.3, -0.25) is 0 Å². The molecular weight excluding hydrogens is 268 g/mol. The Morgan fingerprint density at radius 2 is 1.86 bits per heavy atom. The molecule has 1 aromatic carbocycles. The first-order valence-corrected chi connectivity index (χ1v) is 4.32. The maximum Gasteiger partial charge on any atom is 0.418 e. The van der Waals surface area contributed by atoms with Gasteiger partial charge in [-0.15, -0.1) is 0 Å². The average Bonchev–Trinajstić information content (AvgIpc) is 2.01. The van der Waals surface area contributed by atoms with Crippen LogP contribution < -0.4 is 0 Å². The molecule has 0 aliphatic carbocycles. The number of benzene rings is 1. The zero-order chi connectivity index (χ0) is 10.9. The van der Waals surface area contributed by atoms with E-state index in [9.17, 15) is 17.6 Å². The molecule has 1 nitrogen and oxygen atoms in total. The van der Waals surface area contributed by atoms with E-state index in [1.165, 1.54) is 12.1 Å². The zero-order valence-corrected chi connectivity index (χ0v) is 8.23. The van der Waals surface area contributed by atoms with E-state index in [1.54, 1.807) is 0 Å². The highest BCUT2D eigenvalue weighted by molar-refractivity contribution is 9.10. The highest BCUT2D eigenvalue weighted by Gasteiger charge is 2.41. The van der Waals surface area contributed by atoms with Crippen molar-refractivity contribution in [2.45, 2.75) is 12.3 Å². The van der Waals surface area contributed by atoms with Gasteiger partial charge in [0.05, 0.1) is 0 Å². The summed E-state index contributed by atoms with van der Waals surface area (Å²) in [6.07, 6.45) is -7.68. The summed E-state index contributed by atoms with van der Waals surface area (Å²) in [6, 6.07) is 3.33. The van der Waals surface area contributed by atoms with Gasteiger partial charge in [-0.2, -0.15) is 13.2 Å². The molecule has 0 spiro atoms. The van der Waals surface area contributed by atoms with E-state index >= 15 is 0 Å². The average molecular weight is 273 g/mol. The van der Waals surface area contributed by atoms with Gasteiger partial charge in [0.2, 0.25) is 0 Å². The summed E-state index contributed by atoms with van der Waals surface area (Å²) in [5.41, 5.74) is -0.792. The number of halogens is 5. The van der Waals surface area contributed by atoms with Crippen LogP contribution >= 0.6 is 15.9 Å². The van der Waals surface area contributed by atoms with Crippen molar-refractivity contribution in [3.8, 4) is 0 Å². The van der Waals surface area contributed by atoms with Gasteiger partial charge in [0, 0.05) is 10.0 Å². The number of aliphatic hydroxyl groups excluding tert-OH is 1. The molecule has 14 heavy (non-hydrogen) atoms. The van der Waals surface area contributed by atoms with Crippen LogP contribution in [0.2, 0.25) is 0 Å². The molecule has 1 rings (SSSR count). The van der Waals surface area contributed by atoms with Crippen molar-refractivity contribution in [2.24, 2.45) is 0 Å². The fraction of sp³-hybridized carbons (Fsp3) is 0.250. The molecule has 1 N–H and O–H groups in total. The van der Waals surface area contributed by atoms with Gasteiger partial charge < -0.3 is 5.11 Å². The Morgan fingerprint density at radius 1 is 1.29 bits per heavy atom. The minimum atomic E-state index is -4.87. The molecule has 0 amide bonds. The summed E-state index contributed by atoms with van der Waals surface area (Å²) in [5, 5.41) is 8.82. The molecule has 0 saturated carbocycles. The largest absolute Gasteiger partial charge is 0.418 e. The predicted molar refractivity (Wildman–Crippen MR) is 45.1 cm³/mol. The molecule has 0 aliphatic heterocycles. The van der Waals surface area contributed by atoms with Crippen molar-refractivity contribution in [2.75, 3.05) is 0 Å². The summed E-state index contributed by atoms with van der Waals surface area (Å²) >= 11 is 2.74. The molecule has 0 aromatic heterocycles. The molecule has 78 valence electrons. The quantitative estimate of drug-likeness (QED) is 0.779. The molecule has 0 fully saturated rings. The maximum atomic E-state index is 12.9. The van der Waals surface area contributed by atoms with Gasteiger partial charge in [0.1, 0.15) is 5.82 Å². The Labute approximate surface area is 85.5 Å². The first kappa shape index (κ1) is 11.5. The molecule has 0 radical (unpaired) electrons. The summed E-state index contributed by atoms with van der Waals surface area (Å²) in [6.45, 7) is 0. The van der Waals surface area contributed by atoms with E-state index in [2.05, 4.69) is 15.9 Å². The van der Waals surface area contributed by atoms with Crippen LogP contribution in [0.1, 0.15) is 11.7 Å². The second-order valence-electron chi connectivity index (χ2n) is 2.58. The fourth-order valence-corrected chi connectivity index (χ4v) is 1.49. The normalized spacial score (nSPS) is 14.1. The third kappa shape index (κ3) is 2.24. The molecule has 0 heterocycles. The van der Waals surface area contributed by atoms with Gasteiger partial charge in [0.15, 0.2) is 6.10 Å². The third-order valence-corrected chi connectivity index (χ3v) is 2.27. The second kappa shape index (κ2) is 3.86. The van der Waals surface area contributed by atoms with E-state index in [4.69, 9.17) is 5.11 Å². The summed E-state index contributed by atoms with van der Waals surface area (Å²) in [7, 11) is 0. The predicted octanol–water partition coefficient (Wildman–Crippen LogP) is 3.18. The van der Waals surface area contributed by atoms with Gasteiger partial charge in [-0.25, -0.2) is 4.39 Å². The van der Waals surface area contributed by atoms with Gasteiger partial charge in [-0.05, 0) is 12.1 Å². The Bertz CT molecular complexity index is 316. The van der Waals surface area contributed by atoms with E-state index in [0.29, 0.717) is 0 Å². The molecular formula is C8H5BrF4O. The minimum absolute atomic E-state index is 0.109. The second-order valence-corrected chi connectivity index (χ2v) is 3.43. The molecule has 1 aromatic rings. The summed E-state index contributed by atoms with van der Waals surface area (Å²) in [4.78, 5) is 0. The molecule has 0 bridgehead atoms. The van der Waals surface area contributed by atoms with Crippen molar-refractivity contribution in [1.82, 2.24) is 0 Å². The lowest BCUT2D eigenvalue weighted by Gasteiger charge is -2.16. The van der Waals surface area contributed by atoms with Crippen LogP contribution in [0.4, 0.5) is 17.6 Å². The first-order valence-electron chi connectivity index (χ1n) is 3.52. The van der Waals surface area contributed by atoms with Crippen LogP contribution in [0, 0.1) is 5.82 Å². The molecule has 1 atom stereocenters. The standard InChI is InChI=1S/C8H5BrF4O/c9-4-2-1-3-5(10)6(4)7(14)8(11,12)13/h1-3,7,14H/t7-/m0/s1. The third-order valence-electron chi connectivity index (χ3n) is 1.58. The molecule has 6 heteroatoms. The Hall–Kier alpha value is -0.620. The van der Waals surface area contributed by atoms with E-state index < -0.39 is 23.7 Å². The number of hydrogen-bond donors (Lipinski definition) is 1. The highest BCUT2D eigenvalue weighted by Crippen LogP contribution is 2.37. The van der Waals surface area contributed by atoms with Crippen molar-refractivity contribution >= 4 is 15.9 Å². The highest BCUT2D eigenvalue weighted by atomic mass is 79.9. The van der Waals surface area contributed by atoms with Crippen molar-refractivity contribution < 1.29 is 22.7 Å².